The number of hydrogen-bond acceptors (Lipinski definition) is 2. The second kappa shape index (κ2) is 6.26. The molecule has 4 aromatic rings. The van der Waals surface area contributed by atoms with Crippen LogP contribution in [0.4, 0.5) is 0 Å². The summed E-state index contributed by atoms with van der Waals surface area (Å²) in [5.41, 5.74) is 4.52. The van der Waals surface area contributed by atoms with Crippen molar-refractivity contribution < 1.29 is 4.79 Å². The van der Waals surface area contributed by atoms with Crippen LogP contribution in [0.15, 0.2) is 48.7 Å². The standard InChI is InChI=1S/C19H17ClN4O/c1-24-17-7-6-12(10-16(17)23-19(24)20)18(25)21-9-8-13-11-22-15-5-3-2-4-14(13)15/h2-7,10-11,22H,8-9H2,1H3,(H,21,25). The number of imidazole rings is 1. The Morgan fingerprint density at radius 2 is 2.12 bits per heavy atom. The molecule has 0 fully saturated rings. The van der Waals surface area contributed by atoms with E-state index in [0.717, 1.165) is 23.0 Å². The molecule has 0 unspecified atom stereocenters. The molecule has 1 amide bonds. The van der Waals surface area contributed by atoms with Crippen LogP contribution in [-0.4, -0.2) is 27.0 Å². The zero-order chi connectivity index (χ0) is 17.4. The maximum atomic E-state index is 12.4. The van der Waals surface area contributed by atoms with Crippen LogP contribution in [0.1, 0.15) is 15.9 Å². The van der Waals surface area contributed by atoms with Crippen LogP contribution in [0, 0.1) is 0 Å². The lowest BCUT2D eigenvalue weighted by Crippen LogP contribution is -2.25. The molecule has 0 aliphatic heterocycles. The van der Waals surface area contributed by atoms with Crippen molar-refractivity contribution >= 4 is 39.4 Å². The highest BCUT2D eigenvalue weighted by atomic mass is 35.5. The number of aromatic nitrogens is 3. The van der Waals surface area contributed by atoms with Gasteiger partial charge in [0.1, 0.15) is 0 Å². The zero-order valence-electron chi connectivity index (χ0n) is 13.7. The molecule has 2 aromatic heterocycles. The maximum Gasteiger partial charge on any atom is 0.251 e. The van der Waals surface area contributed by atoms with E-state index in [9.17, 15) is 4.79 Å². The quantitative estimate of drug-likeness (QED) is 0.588. The molecule has 2 heterocycles. The first kappa shape index (κ1) is 15.7. The van der Waals surface area contributed by atoms with Gasteiger partial charge in [-0.1, -0.05) is 18.2 Å². The summed E-state index contributed by atoms with van der Waals surface area (Å²) in [5.74, 6) is -0.108. The number of rotatable bonds is 4. The third-order valence-corrected chi connectivity index (χ3v) is 4.78. The molecule has 2 N–H and O–H groups in total. The predicted octanol–water partition coefficient (Wildman–Crippen LogP) is 3.68. The fourth-order valence-electron chi connectivity index (χ4n) is 3.06. The van der Waals surface area contributed by atoms with Crippen molar-refractivity contribution in [2.45, 2.75) is 6.42 Å². The third kappa shape index (κ3) is 2.87. The van der Waals surface area contributed by atoms with Crippen LogP contribution >= 0.6 is 11.6 Å². The van der Waals surface area contributed by atoms with Gasteiger partial charge in [-0.25, -0.2) is 4.98 Å². The molecule has 0 radical (unpaired) electrons. The molecule has 25 heavy (non-hydrogen) atoms. The van der Waals surface area contributed by atoms with Crippen molar-refractivity contribution in [3.63, 3.8) is 0 Å². The summed E-state index contributed by atoms with van der Waals surface area (Å²) in [5, 5.41) is 4.57. The van der Waals surface area contributed by atoms with Gasteiger partial charge in [-0.15, -0.1) is 0 Å². The fourth-order valence-corrected chi connectivity index (χ4v) is 3.24. The van der Waals surface area contributed by atoms with Gasteiger partial charge in [-0.05, 0) is 47.9 Å². The maximum absolute atomic E-state index is 12.4. The zero-order valence-corrected chi connectivity index (χ0v) is 14.5. The highest BCUT2D eigenvalue weighted by Gasteiger charge is 2.11. The highest BCUT2D eigenvalue weighted by molar-refractivity contribution is 6.29. The van der Waals surface area contributed by atoms with E-state index in [4.69, 9.17) is 11.6 Å². The molecule has 5 nitrogen and oxygen atoms in total. The minimum Gasteiger partial charge on any atom is -0.361 e. The molecule has 0 aliphatic carbocycles. The van der Waals surface area contributed by atoms with Crippen molar-refractivity contribution in [2.24, 2.45) is 7.05 Å². The van der Waals surface area contributed by atoms with E-state index < -0.39 is 0 Å². The Kier molecular flexibility index (Phi) is 3.93. The van der Waals surface area contributed by atoms with Gasteiger partial charge in [-0.3, -0.25) is 4.79 Å². The number of aromatic amines is 1. The molecule has 0 saturated heterocycles. The number of aryl methyl sites for hydroxylation is 1. The molecule has 0 atom stereocenters. The van der Waals surface area contributed by atoms with Crippen molar-refractivity contribution in [3.05, 3.63) is 65.1 Å². The van der Waals surface area contributed by atoms with Gasteiger partial charge in [0.2, 0.25) is 5.28 Å². The normalized spacial score (nSPS) is 11.3. The van der Waals surface area contributed by atoms with Gasteiger partial charge in [0.25, 0.3) is 5.91 Å². The van der Waals surface area contributed by atoms with E-state index in [1.807, 2.05) is 37.5 Å². The average molecular weight is 353 g/mol. The van der Waals surface area contributed by atoms with Crippen LogP contribution in [0.25, 0.3) is 21.9 Å². The first-order valence-corrected chi connectivity index (χ1v) is 8.46. The SMILES string of the molecule is Cn1c(Cl)nc2cc(C(=O)NCCc3c[nH]c4ccccc34)ccc21. The molecule has 0 spiro atoms. The summed E-state index contributed by atoms with van der Waals surface area (Å²) in [6.07, 6.45) is 2.77. The summed E-state index contributed by atoms with van der Waals surface area (Å²) < 4.78 is 1.79. The Labute approximate surface area is 149 Å². The molecule has 126 valence electrons. The number of nitrogens with one attached hydrogen (secondary N) is 2. The fraction of sp³-hybridized carbons (Fsp3) is 0.158. The van der Waals surface area contributed by atoms with E-state index >= 15 is 0 Å². The predicted molar refractivity (Wildman–Crippen MR) is 100 cm³/mol. The molecule has 0 saturated carbocycles. The number of fused-ring (bicyclic) bond motifs is 2. The second-order valence-electron chi connectivity index (χ2n) is 6.01. The number of carbonyl (C=O) groups excluding carboxylic acids is 1. The van der Waals surface area contributed by atoms with Gasteiger partial charge in [0, 0.05) is 36.3 Å². The third-order valence-electron chi connectivity index (χ3n) is 4.44. The molecule has 2 aromatic carbocycles. The number of benzene rings is 2. The summed E-state index contributed by atoms with van der Waals surface area (Å²) in [6.45, 7) is 0.571. The summed E-state index contributed by atoms with van der Waals surface area (Å²) >= 11 is 6.02. The Balaban J connectivity index is 1.45. The van der Waals surface area contributed by atoms with E-state index in [1.165, 1.54) is 10.9 Å². The van der Waals surface area contributed by atoms with E-state index in [0.29, 0.717) is 17.4 Å². The Bertz CT molecular complexity index is 1080. The summed E-state index contributed by atoms with van der Waals surface area (Å²) in [6, 6.07) is 13.6. The molecule has 6 heteroatoms. The van der Waals surface area contributed by atoms with Gasteiger partial charge < -0.3 is 14.9 Å². The molecule has 4 rings (SSSR count). The van der Waals surface area contributed by atoms with Gasteiger partial charge in [0.05, 0.1) is 11.0 Å². The minimum atomic E-state index is -0.108. The van der Waals surface area contributed by atoms with Crippen LogP contribution in [0.5, 0.6) is 0 Å². The highest BCUT2D eigenvalue weighted by Crippen LogP contribution is 2.20. The Hall–Kier alpha value is -2.79. The van der Waals surface area contributed by atoms with Crippen molar-refractivity contribution in [1.29, 1.82) is 0 Å². The second-order valence-corrected chi connectivity index (χ2v) is 6.35. The van der Waals surface area contributed by atoms with Crippen LogP contribution in [-0.2, 0) is 13.5 Å². The van der Waals surface area contributed by atoms with E-state index in [1.54, 1.807) is 16.7 Å². The van der Waals surface area contributed by atoms with Gasteiger partial charge in [0.15, 0.2) is 0 Å². The van der Waals surface area contributed by atoms with Crippen molar-refractivity contribution in [3.8, 4) is 0 Å². The van der Waals surface area contributed by atoms with Gasteiger partial charge in [-0.2, -0.15) is 0 Å². The average Bonchev–Trinajstić information content (AvgIpc) is 3.16. The first-order chi connectivity index (χ1) is 12.1. The molecular formula is C19H17ClN4O. The minimum absolute atomic E-state index is 0.108. The molecular weight excluding hydrogens is 336 g/mol. The van der Waals surface area contributed by atoms with Crippen molar-refractivity contribution in [2.75, 3.05) is 6.54 Å². The Morgan fingerprint density at radius 3 is 3.00 bits per heavy atom. The number of para-hydroxylation sites is 1. The number of carbonyl (C=O) groups is 1. The summed E-state index contributed by atoms with van der Waals surface area (Å²) in [7, 11) is 1.85. The van der Waals surface area contributed by atoms with E-state index in [2.05, 4.69) is 21.4 Å². The first-order valence-electron chi connectivity index (χ1n) is 8.08. The van der Waals surface area contributed by atoms with Crippen LogP contribution in [0.3, 0.4) is 0 Å². The lowest BCUT2D eigenvalue weighted by atomic mass is 10.1. The lowest BCUT2D eigenvalue weighted by molar-refractivity contribution is 0.0954. The Morgan fingerprint density at radius 1 is 1.28 bits per heavy atom. The van der Waals surface area contributed by atoms with E-state index in [-0.39, 0.29) is 5.91 Å². The van der Waals surface area contributed by atoms with Crippen molar-refractivity contribution in [1.82, 2.24) is 19.9 Å². The van der Waals surface area contributed by atoms with Gasteiger partial charge >= 0.3 is 0 Å². The smallest absolute Gasteiger partial charge is 0.251 e. The largest absolute Gasteiger partial charge is 0.361 e. The summed E-state index contributed by atoms with van der Waals surface area (Å²) in [4.78, 5) is 19.9. The number of H-pyrrole nitrogens is 1. The topological polar surface area (TPSA) is 62.7 Å². The monoisotopic (exact) mass is 352 g/mol. The molecule has 0 bridgehead atoms. The number of nitrogens with zero attached hydrogens (tertiary/aromatic N) is 2. The van der Waals surface area contributed by atoms with Crippen LogP contribution < -0.4 is 5.32 Å². The molecule has 0 aliphatic rings. The van der Waals surface area contributed by atoms with Crippen LogP contribution in [0.2, 0.25) is 5.28 Å². The lowest BCUT2D eigenvalue weighted by Gasteiger charge is -2.05. The number of amides is 1. The number of hydrogen-bond donors (Lipinski definition) is 2. The number of halogens is 1.